The summed E-state index contributed by atoms with van der Waals surface area (Å²) in [6, 6.07) is 8.56. The van der Waals surface area contributed by atoms with E-state index in [2.05, 4.69) is 21.5 Å². The van der Waals surface area contributed by atoms with Gasteiger partial charge in [-0.05, 0) is 43.5 Å². The van der Waals surface area contributed by atoms with Gasteiger partial charge in [0.1, 0.15) is 23.4 Å². The van der Waals surface area contributed by atoms with Crippen LogP contribution < -0.4 is 5.32 Å². The number of hydrogen-bond acceptors (Lipinski definition) is 5. The van der Waals surface area contributed by atoms with Crippen molar-refractivity contribution in [1.29, 1.82) is 0 Å². The summed E-state index contributed by atoms with van der Waals surface area (Å²) in [5, 5.41) is 2.41. The highest BCUT2D eigenvalue weighted by molar-refractivity contribution is 6.04. The van der Waals surface area contributed by atoms with Crippen LogP contribution in [0.2, 0.25) is 0 Å². The lowest BCUT2D eigenvalue weighted by Crippen LogP contribution is -2.41. The van der Waals surface area contributed by atoms with Crippen molar-refractivity contribution in [3.8, 4) is 11.3 Å². The minimum Gasteiger partial charge on any atom is -0.339 e. The van der Waals surface area contributed by atoms with Gasteiger partial charge in [0.05, 0.1) is 11.3 Å². The average Bonchev–Trinajstić information content (AvgIpc) is 3.49. The van der Waals surface area contributed by atoms with Crippen LogP contribution in [-0.4, -0.2) is 48.7 Å². The lowest BCUT2D eigenvalue weighted by molar-refractivity contribution is -0.137. The number of pyridine rings is 1. The van der Waals surface area contributed by atoms with E-state index in [1.807, 2.05) is 15.5 Å². The molecule has 5 heterocycles. The Morgan fingerprint density at radius 3 is 2.68 bits per heavy atom. The molecule has 11 heteroatoms. The van der Waals surface area contributed by atoms with E-state index in [1.54, 1.807) is 30.5 Å². The Labute approximate surface area is 215 Å². The summed E-state index contributed by atoms with van der Waals surface area (Å²) in [6.07, 6.45) is 6.34. The number of benzene rings is 1. The molecule has 2 aliphatic heterocycles. The number of hydrogen-bond donors (Lipinski definition) is 1. The smallest absolute Gasteiger partial charge is 0.339 e. The molecule has 0 spiro atoms. The molecule has 0 bridgehead atoms. The zero-order chi connectivity index (χ0) is 26.4. The molecule has 6 rings (SSSR count). The molecule has 2 atom stereocenters. The molecule has 38 heavy (non-hydrogen) atoms. The quantitative estimate of drug-likeness (QED) is 0.421. The zero-order valence-corrected chi connectivity index (χ0v) is 20.1. The van der Waals surface area contributed by atoms with Gasteiger partial charge in [-0.15, -0.1) is 0 Å². The number of nitrogens with zero attached hydrogens (tertiary/aromatic N) is 5. The summed E-state index contributed by atoms with van der Waals surface area (Å²) in [7, 11) is 0. The van der Waals surface area contributed by atoms with Gasteiger partial charge in [-0.1, -0.05) is 12.1 Å². The standard InChI is InChI=1S/C27H22F3N6O2/c28-27(29,30)19-9-10-32-22(13-19)33-26(38)17-3-1-16(2-4-17)24-21-14-31-11-12-35(21)25(34-24)18-5-6-20-7-8-23(37)36(20)15-18/h1-4,9-13,18,20H,5-8,15H2,(H,32,33,38)/t18-,20+/m1/s1. The number of fused-ring (bicyclic) bond motifs is 2. The second kappa shape index (κ2) is 9.23. The van der Waals surface area contributed by atoms with Crippen LogP contribution in [0.25, 0.3) is 16.8 Å². The molecule has 4 aromatic rings. The van der Waals surface area contributed by atoms with Crippen LogP contribution in [0, 0.1) is 6.20 Å². The molecular formula is C27H22F3N6O2. The Bertz CT molecular complexity index is 1530. The fraction of sp³-hybridized carbons (Fsp3) is 0.296. The summed E-state index contributed by atoms with van der Waals surface area (Å²) < 4.78 is 40.9. The Morgan fingerprint density at radius 1 is 1.08 bits per heavy atom. The van der Waals surface area contributed by atoms with Crippen molar-refractivity contribution in [2.45, 2.75) is 43.8 Å². The number of halogens is 3. The summed E-state index contributed by atoms with van der Waals surface area (Å²) in [5.74, 6) is 0.340. The molecule has 8 nitrogen and oxygen atoms in total. The van der Waals surface area contributed by atoms with E-state index in [1.165, 1.54) is 0 Å². The predicted octanol–water partition coefficient (Wildman–Crippen LogP) is 4.73. The molecule has 0 aliphatic carbocycles. The number of piperidine rings is 1. The molecular weight excluding hydrogens is 497 g/mol. The highest BCUT2D eigenvalue weighted by Crippen LogP contribution is 2.37. The molecule has 1 N–H and O–H groups in total. The van der Waals surface area contributed by atoms with Crippen LogP contribution >= 0.6 is 0 Å². The van der Waals surface area contributed by atoms with Crippen molar-refractivity contribution in [1.82, 2.24) is 24.3 Å². The van der Waals surface area contributed by atoms with E-state index in [0.717, 1.165) is 49.0 Å². The van der Waals surface area contributed by atoms with Crippen LogP contribution in [0.4, 0.5) is 19.0 Å². The first-order chi connectivity index (χ1) is 18.3. The molecule has 193 valence electrons. The van der Waals surface area contributed by atoms with Crippen molar-refractivity contribution in [2.75, 3.05) is 11.9 Å². The average molecular weight is 520 g/mol. The van der Waals surface area contributed by atoms with Crippen molar-refractivity contribution in [3.05, 3.63) is 78.1 Å². The van der Waals surface area contributed by atoms with Crippen LogP contribution in [0.3, 0.4) is 0 Å². The number of nitrogens with one attached hydrogen (secondary N) is 1. The molecule has 3 aromatic heterocycles. The molecule has 2 saturated heterocycles. The molecule has 2 amide bonds. The Kier molecular flexibility index (Phi) is 5.85. The molecule has 1 aromatic carbocycles. The maximum Gasteiger partial charge on any atom is 0.416 e. The van der Waals surface area contributed by atoms with Crippen molar-refractivity contribution in [3.63, 3.8) is 0 Å². The summed E-state index contributed by atoms with van der Waals surface area (Å²) in [5.41, 5.74) is 1.42. The second-order valence-electron chi connectivity index (χ2n) is 9.55. The van der Waals surface area contributed by atoms with E-state index >= 15 is 0 Å². The number of anilines is 1. The Hall–Kier alpha value is -4.28. The van der Waals surface area contributed by atoms with E-state index in [4.69, 9.17) is 4.98 Å². The van der Waals surface area contributed by atoms with Gasteiger partial charge < -0.3 is 10.2 Å². The highest BCUT2D eigenvalue weighted by atomic mass is 19.4. The lowest BCUT2D eigenvalue weighted by Gasteiger charge is -2.34. The number of rotatable bonds is 4. The minimum atomic E-state index is -4.54. The number of alkyl halides is 3. The third-order valence-electron chi connectivity index (χ3n) is 7.23. The van der Waals surface area contributed by atoms with E-state index in [-0.39, 0.29) is 23.2 Å². The van der Waals surface area contributed by atoms with Crippen LogP contribution in [0.15, 0.2) is 55.0 Å². The van der Waals surface area contributed by atoms with Crippen LogP contribution in [-0.2, 0) is 11.0 Å². The zero-order valence-electron chi connectivity index (χ0n) is 20.1. The fourth-order valence-corrected chi connectivity index (χ4v) is 5.32. The van der Waals surface area contributed by atoms with Gasteiger partial charge in [0.15, 0.2) is 0 Å². The topological polar surface area (TPSA) is 92.5 Å². The van der Waals surface area contributed by atoms with Gasteiger partial charge in [-0.25, -0.2) is 9.97 Å². The van der Waals surface area contributed by atoms with E-state index in [0.29, 0.717) is 30.2 Å². The normalized spacial score (nSPS) is 19.6. The highest BCUT2D eigenvalue weighted by Gasteiger charge is 2.38. The Morgan fingerprint density at radius 2 is 1.89 bits per heavy atom. The molecule has 1 radical (unpaired) electrons. The second-order valence-corrected chi connectivity index (χ2v) is 9.55. The number of amides is 2. The largest absolute Gasteiger partial charge is 0.416 e. The summed E-state index contributed by atoms with van der Waals surface area (Å²) >= 11 is 0. The fourth-order valence-electron chi connectivity index (χ4n) is 5.32. The maximum absolute atomic E-state index is 13.0. The van der Waals surface area contributed by atoms with E-state index in [9.17, 15) is 22.8 Å². The van der Waals surface area contributed by atoms with Gasteiger partial charge in [-0.2, -0.15) is 13.2 Å². The first-order valence-electron chi connectivity index (χ1n) is 12.3. The van der Waals surface area contributed by atoms with Crippen LogP contribution in [0.1, 0.15) is 53.3 Å². The third kappa shape index (κ3) is 4.37. The van der Waals surface area contributed by atoms with Gasteiger partial charge in [-0.3, -0.25) is 19.0 Å². The number of carbonyl (C=O) groups is 2. The number of aromatic nitrogens is 4. The minimum absolute atomic E-state index is 0.0790. The van der Waals surface area contributed by atoms with Crippen molar-refractivity contribution in [2.24, 2.45) is 0 Å². The van der Waals surface area contributed by atoms with Gasteiger partial charge >= 0.3 is 6.18 Å². The number of imidazole rings is 1. The van der Waals surface area contributed by atoms with Gasteiger partial charge in [0.25, 0.3) is 5.91 Å². The molecule has 0 saturated carbocycles. The van der Waals surface area contributed by atoms with E-state index < -0.39 is 17.6 Å². The van der Waals surface area contributed by atoms with Crippen molar-refractivity contribution >= 4 is 23.1 Å². The summed E-state index contributed by atoms with van der Waals surface area (Å²) in [4.78, 5) is 39.9. The lowest BCUT2D eigenvalue weighted by atomic mass is 9.92. The van der Waals surface area contributed by atoms with Crippen molar-refractivity contribution < 1.29 is 22.8 Å². The Balaban J connectivity index is 1.25. The molecule has 2 fully saturated rings. The first-order valence-corrected chi connectivity index (χ1v) is 12.3. The van der Waals surface area contributed by atoms with Gasteiger partial charge in [0.2, 0.25) is 5.91 Å². The first kappa shape index (κ1) is 24.1. The molecule has 0 unspecified atom stereocenters. The maximum atomic E-state index is 13.0. The van der Waals surface area contributed by atoms with Crippen LogP contribution in [0.5, 0.6) is 0 Å². The molecule has 2 aliphatic rings. The number of carbonyl (C=O) groups excluding carboxylic acids is 2. The third-order valence-corrected chi connectivity index (χ3v) is 7.23. The SMILES string of the molecule is O=C(Nc1cc(C(F)(F)F)ccn1)c1ccc(-c2nc([C@@H]3CC[C@H]4CCC(=O)N4C3)n3ccn[c]c23)cc1. The monoisotopic (exact) mass is 519 g/mol. The summed E-state index contributed by atoms with van der Waals surface area (Å²) in [6.45, 7) is 0.632. The van der Waals surface area contributed by atoms with Gasteiger partial charge in [0, 0.05) is 54.6 Å². The predicted molar refractivity (Wildman–Crippen MR) is 131 cm³/mol.